The fourth-order valence-corrected chi connectivity index (χ4v) is 3.96. The summed E-state index contributed by atoms with van der Waals surface area (Å²) in [4.78, 5) is 31.7. The number of nitrogens with one attached hydrogen (secondary N) is 2. The van der Waals surface area contributed by atoms with Gasteiger partial charge >= 0.3 is 0 Å². The Kier molecular flexibility index (Phi) is 5.28. The molecule has 3 heterocycles. The number of hydrogen-bond donors (Lipinski definition) is 3. The number of hydrogen-bond acceptors (Lipinski definition) is 6. The van der Waals surface area contributed by atoms with E-state index < -0.39 is 0 Å². The van der Waals surface area contributed by atoms with Gasteiger partial charge in [0.15, 0.2) is 11.6 Å². The number of carbonyl (C=O) groups excluding carboxylic acids is 1. The van der Waals surface area contributed by atoms with E-state index in [0.29, 0.717) is 28.6 Å². The lowest BCUT2D eigenvalue weighted by atomic mass is 10.1. The maximum absolute atomic E-state index is 12.8. The number of anilines is 1. The zero-order valence-electron chi connectivity index (χ0n) is 17.9. The first kappa shape index (κ1) is 20.1. The van der Waals surface area contributed by atoms with E-state index in [0.717, 1.165) is 54.8 Å². The molecule has 8 heteroatoms. The van der Waals surface area contributed by atoms with Crippen molar-refractivity contribution < 1.29 is 7.65 Å². The second kappa shape index (κ2) is 8.39. The number of aromatic nitrogens is 4. The number of carbonyl (C=O) groups is 1. The Balaban J connectivity index is 0.00000162. The first-order valence-electron chi connectivity index (χ1n) is 10.8. The van der Waals surface area contributed by atoms with Crippen molar-refractivity contribution in [1.82, 2.24) is 30.2 Å². The van der Waals surface area contributed by atoms with E-state index in [4.69, 9.17) is 10.7 Å². The lowest BCUT2D eigenvalue weighted by Gasteiger charge is -2.20. The third kappa shape index (κ3) is 3.92. The van der Waals surface area contributed by atoms with Gasteiger partial charge < -0.3 is 20.9 Å². The molecular formula is C24H29N7O. The van der Waals surface area contributed by atoms with Crippen LogP contribution in [0.4, 0.5) is 5.82 Å². The molecule has 1 fully saturated rings. The highest BCUT2D eigenvalue weighted by Gasteiger charge is 2.18. The molecule has 0 bridgehead atoms. The zero-order chi connectivity index (χ0) is 22.1. The molecule has 2 aromatic carbocycles. The van der Waals surface area contributed by atoms with E-state index in [9.17, 15) is 4.79 Å². The van der Waals surface area contributed by atoms with Crippen molar-refractivity contribution in [1.29, 1.82) is 0 Å². The molecule has 8 nitrogen and oxygen atoms in total. The van der Waals surface area contributed by atoms with E-state index in [1.807, 2.05) is 54.3 Å². The van der Waals surface area contributed by atoms with Gasteiger partial charge in [-0.2, -0.15) is 0 Å². The van der Waals surface area contributed by atoms with Crippen LogP contribution in [0, 0.1) is 6.92 Å². The summed E-state index contributed by atoms with van der Waals surface area (Å²) in [5.41, 5.74) is 11.8. The van der Waals surface area contributed by atoms with Crippen molar-refractivity contribution in [2.24, 2.45) is 0 Å². The zero-order valence-corrected chi connectivity index (χ0v) is 17.9. The van der Waals surface area contributed by atoms with Gasteiger partial charge in [0.2, 0.25) is 0 Å². The average Bonchev–Trinajstić information content (AvgIpc) is 3.03. The van der Waals surface area contributed by atoms with E-state index >= 15 is 0 Å². The molecule has 4 N–H and O–H groups in total. The second-order valence-electron chi connectivity index (χ2n) is 8.07. The van der Waals surface area contributed by atoms with Gasteiger partial charge in [-0.3, -0.25) is 4.79 Å². The predicted molar refractivity (Wildman–Crippen MR) is 129 cm³/mol. The highest BCUT2D eigenvalue weighted by atomic mass is 16.2. The number of benzene rings is 2. The Bertz CT molecular complexity index is 1280. The fourth-order valence-electron chi connectivity index (χ4n) is 3.96. The third-order valence-corrected chi connectivity index (χ3v) is 5.72. The second-order valence-corrected chi connectivity index (χ2v) is 8.07. The van der Waals surface area contributed by atoms with Crippen LogP contribution in [-0.2, 0) is 0 Å². The SMILES string of the molecule is Cc1ccc2nc(-c3nc(-c4ccc(C(=O)N5CCCNCC5)cc4)cnc3N)[nH]c2c1.[HH].[HH]. The third-order valence-electron chi connectivity index (χ3n) is 5.72. The van der Waals surface area contributed by atoms with Gasteiger partial charge in [-0.1, -0.05) is 18.2 Å². The summed E-state index contributed by atoms with van der Waals surface area (Å²) in [6, 6.07) is 13.5. The average molecular weight is 432 g/mol. The Hall–Kier alpha value is -3.78. The number of H-pyrrole nitrogens is 1. The van der Waals surface area contributed by atoms with Crippen LogP contribution in [0.25, 0.3) is 33.8 Å². The molecule has 0 atom stereocenters. The molecule has 2 aromatic heterocycles. The molecule has 5 rings (SSSR count). The van der Waals surface area contributed by atoms with Crippen LogP contribution in [0.15, 0.2) is 48.7 Å². The predicted octanol–water partition coefficient (Wildman–Crippen LogP) is 3.51. The van der Waals surface area contributed by atoms with Crippen LogP contribution < -0.4 is 11.1 Å². The van der Waals surface area contributed by atoms with Crippen molar-refractivity contribution >= 4 is 22.8 Å². The lowest BCUT2D eigenvalue weighted by Crippen LogP contribution is -2.34. The Morgan fingerprint density at radius 2 is 1.94 bits per heavy atom. The number of nitrogens with zero attached hydrogens (tertiary/aromatic N) is 4. The molecule has 1 aliphatic rings. The summed E-state index contributed by atoms with van der Waals surface area (Å²) >= 11 is 0. The number of aromatic amines is 1. The van der Waals surface area contributed by atoms with Crippen molar-refractivity contribution in [2.45, 2.75) is 13.3 Å². The van der Waals surface area contributed by atoms with Crippen LogP contribution in [-0.4, -0.2) is 56.9 Å². The van der Waals surface area contributed by atoms with Crippen molar-refractivity contribution in [3.05, 3.63) is 59.8 Å². The number of nitrogen functional groups attached to an aromatic ring is 1. The number of imidazole rings is 1. The van der Waals surface area contributed by atoms with Gasteiger partial charge in [0.05, 0.1) is 22.9 Å². The summed E-state index contributed by atoms with van der Waals surface area (Å²) in [5, 5.41) is 3.32. The molecule has 1 aliphatic heterocycles. The summed E-state index contributed by atoms with van der Waals surface area (Å²) in [6.45, 7) is 5.31. The van der Waals surface area contributed by atoms with Crippen molar-refractivity contribution in [3.8, 4) is 22.8 Å². The molecule has 0 spiro atoms. The molecule has 166 valence electrons. The minimum Gasteiger partial charge on any atom is -0.382 e. The molecule has 0 aliphatic carbocycles. The highest BCUT2D eigenvalue weighted by Crippen LogP contribution is 2.26. The van der Waals surface area contributed by atoms with Gasteiger partial charge in [-0.25, -0.2) is 15.0 Å². The normalized spacial score (nSPS) is 14.5. The number of fused-ring (bicyclic) bond motifs is 1. The van der Waals surface area contributed by atoms with Crippen molar-refractivity contribution in [2.75, 3.05) is 31.9 Å². The van der Waals surface area contributed by atoms with Gasteiger partial charge in [-0.15, -0.1) is 0 Å². The molecule has 4 aromatic rings. The smallest absolute Gasteiger partial charge is 0.253 e. The Morgan fingerprint density at radius 3 is 2.78 bits per heavy atom. The van der Waals surface area contributed by atoms with E-state index in [-0.39, 0.29) is 8.76 Å². The quantitative estimate of drug-likeness (QED) is 0.458. The van der Waals surface area contributed by atoms with Gasteiger partial charge in [0, 0.05) is 33.6 Å². The summed E-state index contributed by atoms with van der Waals surface area (Å²) in [5.74, 6) is 0.951. The molecule has 0 unspecified atom stereocenters. The fraction of sp³-hybridized carbons (Fsp3) is 0.250. The van der Waals surface area contributed by atoms with Crippen LogP contribution >= 0.6 is 0 Å². The van der Waals surface area contributed by atoms with Crippen LogP contribution in [0.2, 0.25) is 0 Å². The summed E-state index contributed by atoms with van der Waals surface area (Å²) < 4.78 is 0. The highest BCUT2D eigenvalue weighted by molar-refractivity contribution is 5.94. The lowest BCUT2D eigenvalue weighted by molar-refractivity contribution is 0.0766. The number of nitrogens with two attached hydrogens (primary N) is 1. The molecular weight excluding hydrogens is 402 g/mol. The standard InChI is InChI=1S/C24H25N7O.2H2/c1-15-3-8-18-19(13-15)30-23(29-18)21-22(25)27-14-20(28-21)16-4-6-17(7-5-16)24(32)31-11-2-9-26-10-12-31;;/h3-8,13-14,26H,2,9-12H2,1H3,(H2,25,27)(H,29,30);2*1H. The Labute approximate surface area is 188 Å². The van der Waals surface area contributed by atoms with Crippen LogP contribution in [0.5, 0.6) is 0 Å². The molecule has 1 saturated heterocycles. The maximum Gasteiger partial charge on any atom is 0.253 e. The first-order valence-corrected chi connectivity index (χ1v) is 10.8. The van der Waals surface area contributed by atoms with Crippen molar-refractivity contribution in [3.63, 3.8) is 0 Å². The van der Waals surface area contributed by atoms with Gasteiger partial charge in [0.1, 0.15) is 5.69 Å². The number of aryl methyl sites for hydroxylation is 1. The monoisotopic (exact) mass is 431 g/mol. The topological polar surface area (TPSA) is 113 Å². The largest absolute Gasteiger partial charge is 0.382 e. The number of rotatable bonds is 3. The number of amides is 1. The minimum atomic E-state index is 0. The molecule has 1 amide bonds. The Morgan fingerprint density at radius 1 is 1.09 bits per heavy atom. The first-order chi connectivity index (χ1) is 15.6. The molecule has 0 radical (unpaired) electrons. The van der Waals surface area contributed by atoms with Gasteiger partial charge in [-0.05, 0) is 49.7 Å². The van der Waals surface area contributed by atoms with E-state index in [1.54, 1.807) is 6.20 Å². The van der Waals surface area contributed by atoms with Crippen LogP contribution in [0.1, 0.15) is 25.2 Å². The minimum absolute atomic E-state index is 0. The van der Waals surface area contributed by atoms with Gasteiger partial charge in [0.25, 0.3) is 5.91 Å². The molecule has 32 heavy (non-hydrogen) atoms. The molecule has 0 saturated carbocycles. The maximum atomic E-state index is 12.8. The van der Waals surface area contributed by atoms with Crippen LogP contribution in [0.3, 0.4) is 0 Å². The van der Waals surface area contributed by atoms with E-state index in [2.05, 4.69) is 20.3 Å². The summed E-state index contributed by atoms with van der Waals surface area (Å²) in [7, 11) is 0. The van der Waals surface area contributed by atoms with E-state index in [1.165, 1.54) is 0 Å². The summed E-state index contributed by atoms with van der Waals surface area (Å²) in [6.07, 6.45) is 2.61.